The largest absolute Gasteiger partial charge is 0.321 e. The van der Waals surface area contributed by atoms with Gasteiger partial charge in [-0.25, -0.2) is 0 Å². The Hall–Kier alpha value is -0.870. The third kappa shape index (κ3) is 2.56. The highest BCUT2D eigenvalue weighted by molar-refractivity contribution is 7.07. The van der Waals surface area contributed by atoms with Crippen LogP contribution in [0.1, 0.15) is 44.8 Å². The first-order valence-electron chi connectivity index (χ1n) is 7.29. The van der Waals surface area contributed by atoms with Gasteiger partial charge in [-0.05, 0) is 53.5 Å². The molecule has 1 aliphatic heterocycles. The van der Waals surface area contributed by atoms with Crippen molar-refractivity contribution in [3.05, 3.63) is 22.4 Å². The van der Waals surface area contributed by atoms with Gasteiger partial charge in [0, 0.05) is 6.54 Å². The fourth-order valence-corrected chi connectivity index (χ4v) is 3.68. The van der Waals surface area contributed by atoms with E-state index in [-0.39, 0.29) is 18.1 Å². The Morgan fingerprint density at radius 1 is 1.53 bits per heavy atom. The molecular formula is C15H22N2OS. The molecule has 3 atom stereocenters. The molecule has 1 saturated heterocycles. The monoisotopic (exact) mass is 278 g/mol. The van der Waals surface area contributed by atoms with Gasteiger partial charge < -0.3 is 4.90 Å². The second-order valence-corrected chi connectivity index (χ2v) is 6.67. The second kappa shape index (κ2) is 5.25. The lowest BCUT2D eigenvalue weighted by Crippen LogP contribution is -2.35. The Labute approximate surface area is 119 Å². The zero-order valence-corrected chi connectivity index (χ0v) is 12.5. The van der Waals surface area contributed by atoms with E-state index in [1.165, 1.54) is 18.4 Å². The van der Waals surface area contributed by atoms with E-state index in [4.69, 9.17) is 0 Å². The molecule has 3 rings (SSSR count). The van der Waals surface area contributed by atoms with Gasteiger partial charge in [-0.3, -0.25) is 10.1 Å². The summed E-state index contributed by atoms with van der Waals surface area (Å²) in [4.78, 5) is 14.6. The van der Waals surface area contributed by atoms with Crippen LogP contribution in [-0.4, -0.2) is 23.4 Å². The topological polar surface area (TPSA) is 32.3 Å². The molecule has 0 aromatic carbocycles. The minimum atomic E-state index is -0.00342. The Balaban J connectivity index is 1.77. The summed E-state index contributed by atoms with van der Waals surface area (Å²) in [6.07, 6.45) is 3.65. The van der Waals surface area contributed by atoms with Gasteiger partial charge in [-0.1, -0.05) is 13.8 Å². The first kappa shape index (κ1) is 13.1. The van der Waals surface area contributed by atoms with Crippen molar-refractivity contribution in [2.24, 2.45) is 11.8 Å². The number of nitrogens with zero attached hydrogens (tertiary/aromatic N) is 1. The molecule has 2 heterocycles. The highest BCUT2D eigenvalue weighted by Gasteiger charge is 2.41. The van der Waals surface area contributed by atoms with Crippen molar-refractivity contribution in [2.45, 2.75) is 45.3 Å². The highest BCUT2D eigenvalue weighted by Crippen LogP contribution is 2.38. The van der Waals surface area contributed by atoms with Crippen LogP contribution in [0.15, 0.2) is 16.8 Å². The summed E-state index contributed by atoms with van der Waals surface area (Å²) in [5.74, 6) is 1.75. The van der Waals surface area contributed by atoms with Crippen LogP contribution in [0.25, 0.3) is 0 Å². The van der Waals surface area contributed by atoms with Crippen molar-refractivity contribution >= 4 is 17.2 Å². The van der Waals surface area contributed by atoms with Crippen molar-refractivity contribution in [2.75, 3.05) is 6.54 Å². The predicted molar refractivity (Wildman–Crippen MR) is 77.9 cm³/mol. The molecule has 3 unspecified atom stereocenters. The molecule has 4 heteroatoms. The Morgan fingerprint density at radius 3 is 2.89 bits per heavy atom. The summed E-state index contributed by atoms with van der Waals surface area (Å²) < 4.78 is 0. The van der Waals surface area contributed by atoms with Crippen LogP contribution in [0.3, 0.4) is 0 Å². The van der Waals surface area contributed by atoms with Crippen LogP contribution >= 0.6 is 11.3 Å². The lowest BCUT2D eigenvalue weighted by Gasteiger charge is -2.26. The lowest BCUT2D eigenvalue weighted by molar-refractivity contribution is -0.130. The molecule has 1 aliphatic carbocycles. The number of amides is 1. The van der Waals surface area contributed by atoms with Crippen molar-refractivity contribution in [1.82, 2.24) is 10.2 Å². The predicted octanol–water partition coefficient (Wildman–Crippen LogP) is 3.00. The van der Waals surface area contributed by atoms with Crippen LogP contribution in [0, 0.1) is 11.8 Å². The molecule has 1 aromatic heterocycles. The molecule has 1 amide bonds. The fourth-order valence-electron chi connectivity index (χ4n) is 3.00. The number of carbonyl (C=O) groups excluding carboxylic acids is 1. The maximum absolute atomic E-state index is 12.5. The van der Waals surface area contributed by atoms with Crippen LogP contribution in [-0.2, 0) is 4.79 Å². The first-order chi connectivity index (χ1) is 9.20. The quantitative estimate of drug-likeness (QED) is 0.898. The number of thiophene rings is 1. The average molecular weight is 278 g/mol. The molecule has 0 bridgehead atoms. The van der Waals surface area contributed by atoms with Gasteiger partial charge in [0.05, 0.1) is 6.04 Å². The zero-order chi connectivity index (χ0) is 13.4. The van der Waals surface area contributed by atoms with E-state index in [0.29, 0.717) is 5.92 Å². The Kier molecular flexibility index (Phi) is 3.63. The molecule has 3 nitrogen and oxygen atoms in total. The number of carbonyl (C=O) groups is 1. The van der Waals surface area contributed by atoms with Crippen molar-refractivity contribution in [3.63, 3.8) is 0 Å². The summed E-state index contributed by atoms with van der Waals surface area (Å²) in [7, 11) is 0. The standard InChI is InChI=1S/C15H22N2OS/c1-3-13-15(18)17(8-10(2)11-4-5-11)14(16-13)12-6-7-19-9-12/h6-7,9-11,13-14,16H,3-5,8H2,1-2H3. The molecule has 0 spiro atoms. The molecule has 1 N–H and O–H groups in total. The van der Waals surface area contributed by atoms with Crippen molar-refractivity contribution in [3.8, 4) is 0 Å². The van der Waals surface area contributed by atoms with Crippen LogP contribution < -0.4 is 5.32 Å². The molecular weight excluding hydrogens is 256 g/mol. The van der Waals surface area contributed by atoms with Gasteiger partial charge in [-0.15, -0.1) is 0 Å². The summed E-state index contributed by atoms with van der Waals surface area (Å²) in [5.41, 5.74) is 1.23. The SMILES string of the molecule is CCC1NC(c2ccsc2)N(CC(C)C2CC2)C1=O. The van der Waals surface area contributed by atoms with Gasteiger partial charge >= 0.3 is 0 Å². The average Bonchev–Trinajstić information content (AvgIpc) is 3.04. The number of nitrogens with one attached hydrogen (secondary N) is 1. The van der Waals surface area contributed by atoms with E-state index in [1.807, 2.05) is 0 Å². The molecule has 1 aromatic rings. The summed E-state index contributed by atoms with van der Waals surface area (Å²) in [5, 5.41) is 7.73. The van der Waals surface area contributed by atoms with Crippen LogP contribution in [0.4, 0.5) is 0 Å². The van der Waals surface area contributed by atoms with E-state index in [0.717, 1.165) is 18.9 Å². The summed E-state index contributed by atoms with van der Waals surface area (Å²) in [6.45, 7) is 5.26. The van der Waals surface area contributed by atoms with E-state index in [2.05, 4.69) is 40.9 Å². The Bertz CT molecular complexity index is 441. The summed E-state index contributed by atoms with van der Waals surface area (Å²) >= 11 is 1.70. The minimum absolute atomic E-state index is 0.00342. The van der Waals surface area contributed by atoms with E-state index >= 15 is 0 Å². The van der Waals surface area contributed by atoms with Crippen molar-refractivity contribution < 1.29 is 4.79 Å². The molecule has 2 aliphatic rings. The number of hydrogen-bond donors (Lipinski definition) is 1. The summed E-state index contributed by atoms with van der Waals surface area (Å²) in [6, 6.07) is 2.12. The van der Waals surface area contributed by atoms with E-state index < -0.39 is 0 Å². The fraction of sp³-hybridized carbons (Fsp3) is 0.667. The van der Waals surface area contributed by atoms with E-state index in [1.54, 1.807) is 11.3 Å². The smallest absolute Gasteiger partial charge is 0.241 e. The molecule has 0 radical (unpaired) electrons. The van der Waals surface area contributed by atoms with Gasteiger partial charge in [0.25, 0.3) is 0 Å². The maximum Gasteiger partial charge on any atom is 0.241 e. The first-order valence-corrected chi connectivity index (χ1v) is 8.23. The Morgan fingerprint density at radius 2 is 2.32 bits per heavy atom. The molecule has 19 heavy (non-hydrogen) atoms. The number of hydrogen-bond acceptors (Lipinski definition) is 3. The minimum Gasteiger partial charge on any atom is -0.321 e. The highest BCUT2D eigenvalue weighted by atomic mass is 32.1. The molecule has 104 valence electrons. The third-order valence-corrected chi connectivity index (χ3v) is 5.13. The van der Waals surface area contributed by atoms with Gasteiger partial charge in [0.15, 0.2) is 0 Å². The molecule has 2 fully saturated rings. The maximum atomic E-state index is 12.5. The van der Waals surface area contributed by atoms with Gasteiger partial charge in [0.2, 0.25) is 5.91 Å². The van der Waals surface area contributed by atoms with E-state index in [9.17, 15) is 4.79 Å². The zero-order valence-electron chi connectivity index (χ0n) is 11.6. The van der Waals surface area contributed by atoms with Gasteiger partial charge in [0.1, 0.15) is 6.17 Å². The lowest BCUT2D eigenvalue weighted by atomic mass is 10.1. The normalized spacial score (nSPS) is 28.9. The van der Waals surface area contributed by atoms with Crippen molar-refractivity contribution in [1.29, 1.82) is 0 Å². The van der Waals surface area contributed by atoms with Crippen LogP contribution in [0.5, 0.6) is 0 Å². The molecule has 1 saturated carbocycles. The number of rotatable bonds is 5. The van der Waals surface area contributed by atoms with Crippen LogP contribution in [0.2, 0.25) is 0 Å². The van der Waals surface area contributed by atoms with Gasteiger partial charge in [-0.2, -0.15) is 11.3 Å². The third-order valence-electron chi connectivity index (χ3n) is 4.43. The second-order valence-electron chi connectivity index (χ2n) is 5.89.